The predicted octanol–water partition coefficient (Wildman–Crippen LogP) is 0.289. The van der Waals surface area contributed by atoms with Gasteiger partial charge in [0.15, 0.2) is 6.04 Å². The Bertz CT molecular complexity index is 909. The number of hydrogen-bond donors (Lipinski definition) is 2. The van der Waals surface area contributed by atoms with Gasteiger partial charge in [-0.25, -0.2) is 8.42 Å². The number of nitrogens with zero attached hydrogens (tertiary/aromatic N) is 1. The lowest BCUT2D eigenvalue weighted by Gasteiger charge is -2.34. The number of piperazine rings is 1. The Morgan fingerprint density at radius 1 is 1.10 bits per heavy atom. The van der Waals surface area contributed by atoms with E-state index in [1.807, 2.05) is 37.3 Å². The summed E-state index contributed by atoms with van der Waals surface area (Å²) in [6, 6.07) is 16.0. The van der Waals surface area contributed by atoms with Crippen molar-refractivity contribution in [2.45, 2.75) is 24.4 Å². The second kappa shape index (κ2) is 9.39. The van der Waals surface area contributed by atoms with Gasteiger partial charge in [0.1, 0.15) is 5.75 Å². The molecule has 0 bridgehead atoms. The van der Waals surface area contributed by atoms with Gasteiger partial charge in [-0.1, -0.05) is 30.3 Å². The molecule has 29 heavy (non-hydrogen) atoms. The van der Waals surface area contributed by atoms with E-state index in [9.17, 15) is 13.2 Å². The first-order valence-electron chi connectivity index (χ1n) is 9.72. The van der Waals surface area contributed by atoms with Gasteiger partial charge in [0.25, 0.3) is 5.91 Å². The molecule has 0 aliphatic carbocycles. The SMILES string of the molecule is COc1ccc(S(=O)(=O)N2CC[NH+]([C@@H](C)C(=O)NCc3ccccc3)CC2)cc1. The van der Waals surface area contributed by atoms with E-state index in [0.29, 0.717) is 38.5 Å². The second-order valence-electron chi connectivity index (χ2n) is 7.16. The summed E-state index contributed by atoms with van der Waals surface area (Å²) in [5, 5.41) is 2.97. The maximum absolute atomic E-state index is 12.9. The highest BCUT2D eigenvalue weighted by Gasteiger charge is 2.34. The van der Waals surface area contributed by atoms with Crippen LogP contribution in [0.4, 0.5) is 0 Å². The number of carbonyl (C=O) groups is 1. The summed E-state index contributed by atoms with van der Waals surface area (Å²) in [6.07, 6.45) is 0. The van der Waals surface area contributed by atoms with Gasteiger partial charge in [-0.2, -0.15) is 4.31 Å². The lowest BCUT2D eigenvalue weighted by atomic mass is 10.2. The molecule has 156 valence electrons. The first-order chi connectivity index (χ1) is 13.9. The molecule has 7 nitrogen and oxygen atoms in total. The van der Waals surface area contributed by atoms with Gasteiger partial charge in [-0.05, 0) is 36.8 Å². The zero-order chi connectivity index (χ0) is 20.9. The number of amides is 1. The van der Waals surface area contributed by atoms with Gasteiger partial charge in [0.2, 0.25) is 10.0 Å². The molecule has 0 aromatic heterocycles. The summed E-state index contributed by atoms with van der Waals surface area (Å²) in [5.74, 6) is 0.601. The Hall–Kier alpha value is -2.42. The largest absolute Gasteiger partial charge is 0.497 e. The van der Waals surface area contributed by atoms with Crippen LogP contribution in [0.2, 0.25) is 0 Å². The van der Waals surface area contributed by atoms with Crippen molar-refractivity contribution in [1.29, 1.82) is 0 Å². The Morgan fingerprint density at radius 2 is 1.72 bits per heavy atom. The van der Waals surface area contributed by atoms with Crippen LogP contribution >= 0.6 is 0 Å². The molecule has 1 heterocycles. The molecule has 3 rings (SSSR count). The maximum Gasteiger partial charge on any atom is 0.278 e. The van der Waals surface area contributed by atoms with Gasteiger partial charge < -0.3 is 15.0 Å². The van der Waals surface area contributed by atoms with E-state index < -0.39 is 10.0 Å². The Kier molecular flexibility index (Phi) is 6.89. The van der Waals surface area contributed by atoms with E-state index in [1.165, 1.54) is 4.31 Å². The molecule has 1 aliphatic rings. The number of rotatable bonds is 7. The fraction of sp³-hybridized carbons (Fsp3) is 0.381. The normalized spacial score (nSPS) is 16.9. The molecule has 2 N–H and O–H groups in total. The molecule has 2 aromatic rings. The van der Waals surface area contributed by atoms with E-state index in [0.717, 1.165) is 10.5 Å². The summed E-state index contributed by atoms with van der Waals surface area (Å²) in [6.45, 7) is 4.35. The molecule has 0 unspecified atom stereocenters. The average molecular weight is 419 g/mol. The fourth-order valence-electron chi connectivity index (χ4n) is 3.47. The third-order valence-electron chi connectivity index (χ3n) is 5.38. The molecule has 0 spiro atoms. The second-order valence-corrected chi connectivity index (χ2v) is 9.10. The van der Waals surface area contributed by atoms with Gasteiger partial charge in [-0.15, -0.1) is 0 Å². The Balaban J connectivity index is 1.54. The van der Waals surface area contributed by atoms with Crippen LogP contribution in [0.15, 0.2) is 59.5 Å². The standard InChI is InChI=1S/C21H27N3O4S/c1-17(21(25)22-16-18-6-4-3-5-7-18)23-12-14-24(15-13-23)29(26,27)20-10-8-19(28-2)9-11-20/h3-11,17H,12-16H2,1-2H3,(H,22,25)/p+1/t17-/m0/s1. The molecule has 1 saturated heterocycles. The summed E-state index contributed by atoms with van der Waals surface area (Å²) in [5.41, 5.74) is 1.05. The molecule has 1 fully saturated rings. The minimum Gasteiger partial charge on any atom is -0.497 e. The number of nitrogens with one attached hydrogen (secondary N) is 2. The summed E-state index contributed by atoms with van der Waals surface area (Å²) in [4.78, 5) is 13.9. The molecule has 2 aromatic carbocycles. The summed E-state index contributed by atoms with van der Waals surface area (Å²) < 4.78 is 32.3. The fourth-order valence-corrected chi connectivity index (χ4v) is 4.91. The highest BCUT2D eigenvalue weighted by Crippen LogP contribution is 2.19. The van der Waals surface area contributed by atoms with Gasteiger partial charge in [0, 0.05) is 6.54 Å². The topological polar surface area (TPSA) is 80.2 Å². The quantitative estimate of drug-likeness (QED) is 0.677. The van der Waals surface area contributed by atoms with Crippen LogP contribution in [-0.2, 0) is 21.4 Å². The van der Waals surface area contributed by atoms with Gasteiger partial charge in [0.05, 0.1) is 38.2 Å². The van der Waals surface area contributed by atoms with E-state index in [4.69, 9.17) is 4.74 Å². The molecule has 1 aliphatic heterocycles. The summed E-state index contributed by atoms with van der Waals surface area (Å²) in [7, 11) is -1.99. The zero-order valence-corrected chi connectivity index (χ0v) is 17.6. The molecule has 8 heteroatoms. The monoisotopic (exact) mass is 418 g/mol. The van der Waals surface area contributed by atoms with Crippen LogP contribution < -0.4 is 15.0 Å². The van der Waals surface area contributed by atoms with Crippen molar-refractivity contribution in [2.24, 2.45) is 0 Å². The predicted molar refractivity (Wildman–Crippen MR) is 110 cm³/mol. The summed E-state index contributed by atoms with van der Waals surface area (Å²) >= 11 is 0. The minimum absolute atomic E-state index is 0.0182. The number of sulfonamides is 1. The number of methoxy groups -OCH3 is 1. The number of ether oxygens (including phenoxy) is 1. The number of carbonyl (C=O) groups excluding carboxylic acids is 1. The van der Waals surface area contributed by atoms with Gasteiger partial charge in [-0.3, -0.25) is 4.79 Å². The van der Waals surface area contributed by atoms with Crippen molar-refractivity contribution in [2.75, 3.05) is 33.3 Å². The van der Waals surface area contributed by atoms with E-state index in [-0.39, 0.29) is 16.8 Å². The lowest BCUT2D eigenvalue weighted by molar-refractivity contribution is -0.917. The Morgan fingerprint density at radius 3 is 2.31 bits per heavy atom. The smallest absolute Gasteiger partial charge is 0.278 e. The van der Waals surface area contributed by atoms with E-state index >= 15 is 0 Å². The van der Waals surface area contributed by atoms with E-state index in [1.54, 1.807) is 31.4 Å². The molecular formula is C21H28N3O4S+. The van der Waals surface area contributed by atoms with Crippen molar-refractivity contribution in [3.63, 3.8) is 0 Å². The van der Waals surface area contributed by atoms with Crippen molar-refractivity contribution in [3.8, 4) is 5.75 Å². The molecule has 1 atom stereocenters. The van der Waals surface area contributed by atoms with Crippen LogP contribution in [0.1, 0.15) is 12.5 Å². The van der Waals surface area contributed by atoms with Crippen LogP contribution in [-0.4, -0.2) is 58.0 Å². The first kappa shape index (κ1) is 21.3. The minimum atomic E-state index is -3.54. The third-order valence-corrected chi connectivity index (χ3v) is 7.29. The first-order valence-corrected chi connectivity index (χ1v) is 11.2. The number of benzene rings is 2. The number of hydrogen-bond acceptors (Lipinski definition) is 4. The van der Waals surface area contributed by atoms with Crippen LogP contribution in [0, 0.1) is 0 Å². The highest BCUT2D eigenvalue weighted by atomic mass is 32.2. The van der Waals surface area contributed by atoms with Crippen LogP contribution in [0.5, 0.6) is 5.75 Å². The lowest BCUT2D eigenvalue weighted by Crippen LogP contribution is -3.19. The van der Waals surface area contributed by atoms with Gasteiger partial charge >= 0.3 is 0 Å². The average Bonchev–Trinajstić information content (AvgIpc) is 2.77. The van der Waals surface area contributed by atoms with Crippen molar-refractivity contribution < 1.29 is 22.8 Å². The zero-order valence-electron chi connectivity index (χ0n) is 16.8. The van der Waals surface area contributed by atoms with Crippen LogP contribution in [0.3, 0.4) is 0 Å². The molecule has 0 radical (unpaired) electrons. The number of quaternary nitrogens is 1. The third kappa shape index (κ3) is 5.14. The Labute approximate surface area is 172 Å². The highest BCUT2D eigenvalue weighted by molar-refractivity contribution is 7.89. The molecular weight excluding hydrogens is 390 g/mol. The van der Waals surface area contributed by atoms with Crippen molar-refractivity contribution >= 4 is 15.9 Å². The molecule has 0 saturated carbocycles. The van der Waals surface area contributed by atoms with Crippen molar-refractivity contribution in [1.82, 2.24) is 9.62 Å². The van der Waals surface area contributed by atoms with E-state index in [2.05, 4.69) is 5.32 Å². The molecule has 1 amide bonds. The maximum atomic E-state index is 12.9. The van der Waals surface area contributed by atoms with Crippen molar-refractivity contribution in [3.05, 3.63) is 60.2 Å². The van der Waals surface area contributed by atoms with Crippen LogP contribution in [0.25, 0.3) is 0 Å².